The summed E-state index contributed by atoms with van der Waals surface area (Å²) in [6.07, 6.45) is 7.43. The fourth-order valence-corrected chi connectivity index (χ4v) is 6.84. The van der Waals surface area contributed by atoms with Crippen LogP contribution in [0.15, 0.2) is 24.3 Å². The van der Waals surface area contributed by atoms with Crippen LogP contribution in [0.4, 0.5) is 14.5 Å². The van der Waals surface area contributed by atoms with Crippen molar-refractivity contribution in [3.8, 4) is 0 Å². The van der Waals surface area contributed by atoms with E-state index in [0.29, 0.717) is 51.1 Å². The lowest BCUT2D eigenvalue weighted by Gasteiger charge is -2.39. The Balaban J connectivity index is 1.25. The van der Waals surface area contributed by atoms with Crippen LogP contribution in [0.1, 0.15) is 90.0 Å². The molecule has 3 saturated carbocycles. The summed E-state index contributed by atoms with van der Waals surface area (Å²) in [6.45, 7) is 5.96. The van der Waals surface area contributed by atoms with Crippen molar-refractivity contribution in [3.63, 3.8) is 0 Å². The number of amides is 2. The summed E-state index contributed by atoms with van der Waals surface area (Å²) in [5.74, 6) is -2.34. The van der Waals surface area contributed by atoms with Crippen LogP contribution in [0.2, 0.25) is 0 Å². The van der Waals surface area contributed by atoms with E-state index in [2.05, 4.69) is 24.5 Å². The van der Waals surface area contributed by atoms with Crippen molar-refractivity contribution < 1.29 is 23.1 Å². The Bertz CT molecular complexity index is 1000. The van der Waals surface area contributed by atoms with E-state index in [9.17, 15) is 18.4 Å². The van der Waals surface area contributed by atoms with Gasteiger partial charge in [0.1, 0.15) is 0 Å². The molecule has 1 saturated heterocycles. The number of anilines is 1. The van der Waals surface area contributed by atoms with Crippen molar-refractivity contribution in [2.45, 2.75) is 95.8 Å². The number of ether oxygens (including phenoxy) is 1. The zero-order valence-corrected chi connectivity index (χ0v) is 22.3. The van der Waals surface area contributed by atoms with E-state index in [-0.39, 0.29) is 47.3 Å². The minimum absolute atomic E-state index is 0.00239. The third-order valence-corrected chi connectivity index (χ3v) is 10.1. The Hall–Kier alpha value is -2.02. The maximum atomic E-state index is 13.8. The number of alkyl halides is 2. The third-order valence-electron chi connectivity index (χ3n) is 10.1. The van der Waals surface area contributed by atoms with Gasteiger partial charge in [-0.3, -0.25) is 9.59 Å². The highest BCUT2D eigenvalue weighted by Crippen LogP contribution is 2.58. The highest BCUT2D eigenvalue weighted by molar-refractivity contribution is 5.92. The number of hydrogen-bond donors (Lipinski definition) is 2. The van der Waals surface area contributed by atoms with Crippen molar-refractivity contribution in [2.24, 2.45) is 22.7 Å². The van der Waals surface area contributed by atoms with Crippen molar-refractivity contribution in [1.29, 1.82) is 0 Å². The first-order valence-corrected chi connectivity index (χ1v) is 14.2. The lowest BCUT2D eigenvalue weighted by molar-refractivity contribution is -0.127. The van der Waals surface area contributed by atoms with Gasteiger partial charge in [-0.15, -0.1) is 0 Å². The molecule has 0 spiro atoms. The molecule has 37 heavy (non-hydrogen) atoms. The van der Waals surface area contributed by atoms with E-state index in [1.54, 1.807) is 0 Å². The lowest BCUT2D eigenvalue weighted by Crippen LogP contribution is -2.49. The molecule has 5 nitrogen and oxygen atoms in total. The number of carbonyl (C=O) groups is 2. The topological polar surface area (TPSA) is 67.4 Å². The smallest absolute Gasteiger partial charge is 0.248 e. The Morgan fingerprint density at radius 1 is 1.05 bits per heavy atom. The molecule has 0 radical (unpaired) electrons. The summed E-state index contributed by atoms with van der Waals surface area (Å²) in [6, 6.07) is 7.60. The minimum Gasteiger partial charge on any atom is -0.380 e. The van der Waals surface area contributed by atoms with Crippen LogP contribution in [-0.2, 0) is 19.7 Å². The molecular weight excluding hydrogens is 474 g/mol. The maximum absolute atomic E-state index is 13.8. The van der Waals surface area contributed by atoms with Crippen molar-refractivity contribution >= 4 is 17.5 Å². The Labute approximate surface area is 219 Å². The van der Waals surface area contributed by atoms with Crippen LogP contribution in [0.25, 0.3) is 0 Å². The summed E-state index contributed by atoms with van der Waals surface area (Å²) in [5, 5.41) is 6.26. The number of rotatable bonds is 9. The summed E-state index contributed by atoms with van der Waals surface area (Å²) in [5.41, 5.74) is 1.05. The predicted octanol–water partition coefficient (Wildman–Crippen LogP) is 6.22. The summed E-state index contributed by atoms with van der Waals surface area (Å²) in [7, 11) is 0. The second-order valence-corrected chi connectivity index (χ2v) is 13.0. The normalized spacial score (nSPS) is 28.6. The molecule has 1 heterocycles. The summed E-state index contributed by atoms with van der Waals surface area (Å²) < 4.78 is 33.2. The highest BCUT2D eigenvalue weighted by Gasteiger charge is 2.50. The lowest BCUT2D eigenvalue weighted by atomic mass is 9.70. The zero-order valence-electron chi connectivity index (χ0n) is 22.3. The molecule has 0 bridgehead atoms. The molecule has 3 aliphatic carbocycles. The van der Waals surface area contributed by atoms with Gasteiger partial charge < -0.3 is 15.4 Å². The first-order valence-electron chi connectivity index (χ1n) is 14.2. The maximum Gasteiger partial charge on any atom is 0.248 e. The molecule has 2 N–H and O–H groups in total. The van der Waals surface area contributed by atoms with E-state index in [4.69, 9.17) is 4.74 Å². The molecular formula is C30H42F2N2O3. The molecule has 204 valence electrons. The predicted molar refractivity (Wildman–Crippen MR) is 140 cm³/mol. The van der Waals surface area contributed by atoms with E-state index >= 15 is 0 Å². The second kappa shape index (κ2) is 9.94. The highest BCUT2D eigenvalue weighted by atomic mass is 19.3. The average molecular weight is 517 g/mol. The fraction of sp³-hybridized carbons (Fsp3) is 0.733. The SMILES string of the molecule is CC1(CNC(=O)C2(c3cccc(NC(=O)CC(C4CCC(F)(F)CC4)C4(C)CC4)c3)CCOC2)CCC1. The van der Waals surface area contributed by atoms with E-state index in [1.807, 2.05) is 24.3 Å². The quantitative estimate of drug-likeness (QED) is 0.409. The molecule has 5 rings (SSSR count). The van der Waals surface area contributed by atoms with Crippen LogP contribution >= 0.6 is 0 Å². The van der Waals surface area contributed by atoms with Gasteiger partial charge in [0.05, 0.1) is 12.0 Å². The zero-order chi connectivity index (χ0) is 26.3. The molecule has 4 fully saturated rings. The largest absolute Gasteiger partial charge is 0.380 e. The van der Waals surface area contributed by atoms with E-state index in [0.717, 1.165) is 31.2 Å². The standard InChI is InChI=1S/C30H42F2N2O3/c1-27(9-4-10-27)19-33-26(36)29(15-16-37-20-29)22-5-3-6-23(17-22)34-25(35)18-24(28(2)13-14-28)21-7-11-30(31,32)12-8-21/h3,5-6,17,21,24H,4,7-16,18-20H2,1-2H3,(H,33,36)(H,34,35). The van der Waals surface area contributed by atoms with Crippen molar-refractivity contribution in [1.82, 2.24) is 5.32 Å². The van der Waals surface area contributed by atoms with Crippen molar-refractivity contribution in [2.75, 3.05) is 25.1 Å². The molecule has 1 aromatic carbocycles. The number of halogens is 2. The molecule has 7 heteroatoms. The molecule has 1 aromatic rings. The van der Waals surface area contributed by atoms with Crippen LogP contribution < -0.4 is 10.6 Å². The van der Waals surface area contributed by atoms with E-state index in [1.165, 1.54) is 6.42 Å². The van der Waals surface area contributed by atoms with Gasteiger partial charge in [-0.1, -0.05) is 32.4 Å². The first-order chi connectivity index (χ1) is 17.5. The van der Waals surface area contributed by atoms with Crippen molar-refractivity contribution in [3.05, 3.63) is 29.8 Å². The summed E-state index contributed by atoms with van der Waals surface area (Å²) >= 11 is 0. The molecule has 0 aromatic heterocycles. The fourth-order valence-electron chi connectivity index (χ4n) is 6.84. The first kappa shape index (κ1) is 26.6. The minimum atomic E-state index is -2.56. The monoisotopic (exact) mass is 516 g/mol. The van der Waals surface area contributed by atoms with Gasteiger partial charge in [-0.2, -0.15) is 0 Å². The number of benzene rings is 1. The van der Waals surface area contributed by atoms with Gasteiger partial charge in [0.25, 0.3) is 0 Å². The number of carbonyl (C=O) groups excluding carboxylic acids is 2. The van der Waals surface area contributed by atoms with Gasteiger partial charge in [0.15, 0.2) is 0 Å². The Kier molecular flexibility index (Phi) is 7.14. The van der Waals surface area contributed by atoms with Crippen LogP contribution in [0.5, 0.6) is 0 Å². The average Bonchev–Trinajstić information content (AvgIpc) is 3.38. The van der Waals surface area contributed by atoms with Crippen LogP contribution in [-0.4, -0.2) is 37.5 Å². The van der Waals surface area contributed by atoms with Crippen LogP contribution in [0, 0.1) is 22.7 Å². The Morgan fingerprint density at radius 3 is 2.38 bits per heavy atom. The molecule has 4 aliphatic rings. The molecule has 2 atom stereocenters. The Morgan fingerprint density at radius 2 is 1.78 bits per heavy atom. The van der Waals surface area contributed by atoms with E-state index < -0.39 is 11.3 Å². The van der Waals surface area contributed by atoms with Crippen LogP contribution in [0.3, 0.4) is 0 Å². The van der Waals surface area contributed by atoms with Gasteiger partial charge in [0, 0.05) is 38.1 Å². The molecule has 1 aliphatic heterocycles. The number of nitrogens with one attached hydrogen (secondary N) is 2. The van der Waals surface area contributed by atoms with Gasteiger partial charge in [0.2, 0.25) is 17.7 Å². The molecule has 2 unspecified atom stereocenters. The van der Waals surface area contributed by atoms with Gasteiger partial charge in [-0.25, -0.2) is 8.78 Å². The van der Waals surface area contributed by atoms with Gasteiger partial charge in [-0.05, 0) is 85.3 Å². The van der Waals surface area contributed by atoms with Gasteiger partial charge >= 0.3 is 0 Å². The second-order valence-electron chi connectivity index (χ2n) is 13.0. The molecule has 2 amide bonds. The summed E-state index contributed by atoms with van der Waals surface area (Å²) in [4.78, 5) is 26.6. The third kappa shape index (κ3) is 5.71. The number of hydrogen-bond acceptors (Lipinski definition) is 3.